The molecule has 0 unspecified atom stereocenters. The summed E-state index contributed by atoms with van der Waals surface area (Å²) >= 11 is 0. The molecule has 0 N–H and O–H groups in total. The zero-order valence-electron chi connectivity index (χ0n) is 7.33. The fourth-order valence-electron chi connectivity index (χ4n) is 1.01. The summed E-state index contributed by atoms with van der Waals surface area (Å²) in [5.41, 5.74) is 1.64. The van der Waals surface area contributed by atoms with Crippen LogP contribution < -0.4 is 0 Å². The number of ether oxygens (including phenoxy) is 1. The highest BCUT2D eigenvalue weighted by molar-refractivity contribution is 6.09. The lowest BCUT2D eigenvalue weighted by Crippen LogP contribution is -2.07. The maximum atomic E-state index is 11.3. The van der Waals surface area contributed by atoms with Crippen molar-refractivity contribution in [2.45, 2.75) is 6.92 Å². The minimum Gasteiger partial charge on any atom is -0.467 e. The van der Waals surface area contributed by atoms with Crippen molar-refractivity contribution < 1.29 is 9.53 Å². The molecule has 1 aromatic carbocycles. The van der Waals surface area contributed by atoms with Crippen molar-refractivity contribution in [2.24, 2.45) is 0 Å². The number of hydrogen-bond acceptors (Lipinski definition) is 2. The van der Waals surface area contributed by atoms with Crippen LogP contribution in [0.4, 0.5) is 0 Å². The molecule has 0 amide bonds. The number of hydrogen-bond donors (Lipinski definition) is 0. The second kappa shape index (κ2) is 4.06. The van der Waals surface area contributed by atoms with Crippen LogP contribution in [-0.4, -0.2) is 22.4 Å². The Kier molecular flexibility index (Phi) is 3.05. The second-order valence-corrected chi connectivity index (χ2v) is 3.11. The zero-order valence-corrected chi connectivity index (χ0v) is 9.33. The maximum absolute atomic E-state index is 11.3. The third-order valence-corrected chi connectivity index (χ3v) is 1.93. The Labute approximate surface area is 75.0 Å². The summed E-state index contributed by atoms with van der Waals surface area (Å²) in [6.45, 7) is 1.91. The van der Waals surface area contributed by atoms with Crippen molar-refractivity contribution >= 4 is 16.2 Å². The molecule has 0 saturated carbocycles. The summed E-state index contributed by atoms with van der Waals surface area (Å²) in [4.78, 5) is 11.3. The van der Waals surface area contributed by atoms with Crippen molar-refractivity contribution in [2.75, 3.05) is 6.23 Å². The van der Waals surface area contributed by atoms with Crippen LogP contribution >= 0.6 is 0 Å². The van der Waals surface area contributed by atoms with E-state index in [1.807, 2.05) is 25.1 Å². The molecule has 0 spiro atoms. The van der Waals surface area contributed by atoms with Crippen LogP contribution in [0.5, 0.6) is 0 Å². The predicted molar refractivity (Wildman–Crippen MR) is 51.4 cm³/mol. The topological polar surface area (TPSA) is 26.3 Å². The molecule has 1 rings (SSSR count). The van der Waals surface area contributed by atoms with Crippen molar-refractivity contribution in [3.63, 3.8) is 0 Å². The third kappa shape index (κ3) is 1.95. The largest absolute Gasteiger partial charge is 0.467 e. The van der Waals surface area contributed by atoms with Crippen LogP contribution in [0.1, 0.15) is 15.9 Å². The molecular formula is C9H12O2Si. The van der Waals surface area contributed by atoms with Crippen LogP contribution in [0.3, 0.4) is 0 Å². The normalized spacial score (nSPS) is 9.75. The van der Waals surface area contributed by atoms with Crippen LogP contribution in [-0.2, 0) is 4.74 Å². The number of aryl methyl sites for hydroxylation is 1. The second-order valence-electron chi connectivity index (χ2n) is 2.54. The van der Waals surface area contributed by atoms with Gasteiger partial charge in [-0.3, -0.25) is 0 Å². The standard InChI is InChI=1S/C9H12O2Si/c1-7-4-2-3-5-8(7)9(10)11-6-12/h2-5H,6H2,1,12H3. The van der Waals surface area contributed by atoms with Gasteiger partial charge in [-0.05, 0) is 18.6 Å². The molecule has 0 aromatic heterocycles. The summed E-state index contributed by atoms with van der Waals surface area (Å²) in [7, 11) is 0.893. The first kappa shape index (κ1) is 9.00. The van der Waals surface area contributed by atoms with Gasteiger partial charge in [0.15, 0.2) is 0 Å². The number of carbonyl (C=O) groups excluding carboxylic acids is 1. The van der Waals surface area contributed by atoms with Gasteiger partial charge in [-0.1, -0.05) is 18.2 Å². The van der Waals surface area contributed by atoms with Crippen molar-refractivity contribution in [1.29, 1.82) is 0 Å². The maximum Gasteiger partial charge on any atom is 0.338 e. The van der Waals surface area contributed by atoms with E-state index in [-0.39, 0.29) is 5.97 Å². The lowest BCUT2D eigenvalue weighted by atomic mass is 10.1. The Morgan fingerprint density at radius 2 is 2.17 bits per heavy atom. The molecule has 0 radical (unpaired) electrons. The molecule has 0 bridgehead atoms. The molecule has 0 heterocycles. The van der Waals surface area contributed by atoms with Gasteiger partial charge in [0, 0.05) is 0 Å². The average Bonchev–Trinajstić information content (AvgIpc) is 2.05. The van der Waals surface area contributed by atoms with Gasteiger partial charge in [0.05, 0.1) is 22.0 Å². The first-order chi connectivity index (χ1) is 5.75. The first-order valence-corrected chi connectivity index (χ1v) is 5.40. The van der Waals surface area contributed by atoms with E-state index in [0.29, 0.717) is 11.8 Å². The lowest BCUT2D eigenvalue weighted by molar-refractivity contribution is 0.0573. The molecule has 1 aromatic rings. The highest BCUT2D eigenvalue weighted by Crippen LogP contribution is 2.07. The Morgan fingerprint density at radius 3 is 2.75 bits per heavy atom. The number of carbonyl (C=O) groups is 1. The van der Waals surface area contributed by atoms with Gasteiger partial charge in [0.1, 0.15) is 0 Å². The smallest absolute Gasteiger partial charge is 0.338 e. The molecule has 0 fully saturated rings. The molecule has 0 saturated heterocycles. The van der Waals surface area contributed by atoms with Crippen LogP contribution in [0.25, 0.3) is 0 Å². The van der Waals surface area contributed by atoms with Crippen LogP contribution in [0.15, 0.2) is 24.3 Å². The van der Waals surface area contributed by atoms with Crippen molar-refractivity contribution in [3.05, 3.63) is 35.4 Å². The highest BCUT2D eigenvalue weighted by atomic mass is 28.1. The van der Waals surface area contributed by atoms with E-state index >= 15 is 0 Å². The molecule has 64 valence electrons. The van der Waals surface area contributed by atoms with Gasteiger partial charge < -0.3 is 4.74 Å². The van der Waals surface area contributed by atoms with Crippen molar-refractivity contribution in [3.8, 4) is 0 Å². The molecule has 0 aliphatic carbocycles. The molecule has 12 heavy (non-hydrogen) atoms. The number of benzene rings is 1. The Morgan fingerprint density at radius 1 is 1.50 bits per heavy atom. The van der Waals surface area contributed by atoms with Crippen LogP contribution in [0, 0.1) is 6.92 Å². The quantitative estimate of drug-likeness (QED) is 0.488. The number of rotatable bonds is 2. The Bertz CT molecular complexity index is 284. The minimum atomic E-state index is -0.205. The van der Waals surface area contributed by atoms with Gasteiger partial charge in [-0.25, -0.2) is 4.79 Å². The third-order valence-electron chi connectivity index (χ3n) is 1.64. The highest BCUT2D eigenvalue weighted by Gasteiger charge is 2.07. The van der Waals surface area contributed by atoms with Crippen LogP contribution in [0.2, 0.25) is 0 Å². The van der Waals surface area contributed by atoms with Gasteiger partial charge >= 0.3 is 5.97 Å². The summed E-state index contributed by atoms with van der Waals surface area (Å²) in [6, 6.07) is 7.45. The van der Waals surface area contributed by atoms with E-state index in [4.69, 9.17) is 4.74 Å². The molecule has 0 atom stereocenters. The van der Waals surface area contributed by atoms with Gasteiger partial charge in [0.2, 0.25) is 0 Å². The van der Waals surface area contributed by atoms with Gasteiger partial charge in [-0.2, -0.15) is 0 Å². The minimum absolute atomic E-state index is 0.205. The molecule has 2 nitrogen and oxygen atoms in total. The summed E-state index contributed by atoms with van der Waals surface area (Å²) in [5.74, 6) is -0.205. The summed E-state index contributed by atoms with van der Waals surface area (Å²) in [6.07, 6.45) is 0.563. The van der Waals surface area contributed by atoms with E-state index in [1.54, 1.807) is 6.07 Å². The van der Waals surface area contributed by atoms with Crippen molar-refractivity contribution in [1.82, 2.24) is 0 Å². The lowest BCUT2D eigenvalue weighted by Gasteiger charge is -2.03. The first-order valence-electron chi connectivity index (χ1n) is 3.98. The van der Waals surface area contributed by atoms with Gasteiger partial charge in [-0.15, -0.1) is 0 Å². The number of esters is 1. The van der Waals surface area contributed by atoms with E-state index in [0.717, 1.165) is 15.8 Å². The Balaban J connectivity index is 2.87. The SMILES string of the molecule is Cc1ccccc1C(=O)OC[SiH3]. The predicted octanol–water partition coefficient (Wildman–Crippen LogP) is 0.475. The summed E-state index contributed by atoms with van der Waals surface area (Å²) in [5, 5.41) is 0. The van der Waals surface area contributed by atoms with E-state index in [2.05, 4.69) is 0 Å². The average molecular weight is 180 g/mol. The Hall–Kier alpha value is -1.09. The molecule has 0 aliphatic heterocycles. The van der Waals surface area contributed by atoms with E-state index in [9.17, 15) is 4.79 Å². The molecule has 3 heteroatoms. The fourth-order valence-corrected chi connectivity index (χ4v) is 1.27. The summed E-state index contributed by atoms with van der Waals surface area (Å²) < 4.78 is 4.93. The van der Waals surface area contributed by atoms with Gasteiger partial charge in [0.25, 0.3) is 0 Å². The monoisotopic (exact) mass is 180 g/mol. The zero-order chi connectivity index (χ0) is 8.97. The van der Waals surface area contributed by atoms with E-state index in [1.165, 1.54) is 0 Å². The fraction of sp³-hybridized carbons (Fsp3) is 0.222. The van der Waals surface area contributed by atoms with E-state index < -0.39 is 0 Å². The molecular weight excluding hydrogens is 168 g/mol. The molecule has 0 aliphatic rings.